The van der Waals surface area contributed by atoms with Gasteiger partial charge in [-0.1, -0.05) is 44.7 Å². The van der Waals surface area contributed by atoms with E-state index in [0.29, 0.717) is 0 Å². The van der Waals surface area contributed by atoms with E-state index in [1.54, 1.807) is 0 Å². The summed E-state index contributed by atoms with van der Waals surface area (Å²) in [6.45, 7) is 2.97. The number of nitrogens with one attached hydrogen (secondary N) is 1. The van der Waals surface area contributed by atoms with Gasteiger partial charge in [-0.3, -0.25) is 0 Å². The molecule has 0 unspecified atom stereocenters. The second kappa shape index (κ2) is 7.86. The van der Waals surface area contributed by atoms with Crippen LogP contribution < -0.4 is 10.5 Å². The zero-order chi connectivity index (χ0) is 16.8. The molecule has 0 spiro atoms. The molecule has 2 aromatic carbocycles. The van der Waals surface area contributed by atoms with Gasteiger partial charge in [-0.15, -0.1) is 0 Å². The molecule has 3 N–H and O–H groups in total. The van der Waals surface area contributed by atoms with Crippen molar-refractivity contribution in [2.24, 2.45) is 0 Å². The average molecular weight is 323 g/mol. The van der Waals surface area contributed by atoms with Crippen molar-refractivity contribution in [2.75, 3.05) is 12.3 Å². The van der Waals surface area contributed by atoms with Crippen LogP contribution in [0.4, 0.5) is 5.69 Å². The van der Waals surface area contributed by atoms with Gasteiger partial charge in [-0.25, -0.2) is 4.98 Å². The number of imidazole rings is 1. The van der Waals surface area contributed by atoms with Crippen molar-refractivity contribution < 1.29 is 4.74 Å². The van der Waals surface area contributed by atoms with Gasteiger partial charge in [0.15, 0.2) is 0 Å². The van der Waals surface area contributed by atoms with Gasteiger partial charge in [0.1, 0.15) is 11.6 Å². The first-order valence-corrected chi connectivity index (χ1v) is 8.75. The maximum absolute atomic E-state index is 6.01. The minimum atomic E-state index is 0.731. The van der Waals surface area contributed by atoms with E-state index in [1.807, 2.05) is 42.5 Å². The lowest BCUT2D eigenvalue weighted by Crippen LogP contribution is -1.99. The first-order chi connectivity index (χ1) is 11.8. The number of nitrogens with zero attached hydrogens (tertiary/aromatic N) is 1. The molecule has 0 saturated carbocycles. The summed E-state index contributed by atoms with van der Waals surface area (Å²) in [5.74, 6) is 1.69. The maximum Gasteiger partial charge on any atom is 0.142 e. The van der Waals surface area contributed by atoms with Gasteiger partial charge < -0.3 is 15.5 Å². The van der Waals surface area contributed by atoms with Crippen molar-refractivity contribution in [1.29, 1.82) is 0 Å². The molecule has 0 amide bonds. The van der Waals surface area contributed by atoms with Gasteiger partial charge in [0.2, 0.25) is 0 Å². The third-order valence-electron chi connectivity index (χ3n) is 4.15. The molecule has 0 radical (unpaired) electrons. The van der Waals surface area contributed by atoms with E-state index < -0.39 is 0 Å². The Morgan fingerprint density at radius 3 is 2.75 bits per heavy atom. The predicted molar refractivity (Wildman–Crippen MR) is 100 cm³/mol. The normalized spacial score (nSPS) is 11.0. The number of nitrogens with two attached hydrogens (primary N) is 1. The van der Waals surface area contributed by atoms with Gasteiger partial charge in [-0.2, -0.15) is 0 Å². The number of ether oxygens (including phenoxy) is 1. The standard InChI is InChI=1S/C20H25N3O/c1-2-3-4-5-8-13-24-19-10-7-6-9-16(19)20-22-17-12-11-15(21)14-18(17)23-20/h6-7,9-12,14H,2-5,8,13,21H2,1H3,(H,22,23). The Kier molecular flexibility index (Phi) is 5.36. The Bertz CT molecular complexity index is 794. The predicted octanol–water partition coefficient (Wildman–Crippen LogP) is 5.16. The zero-order valence-corrected chi connectivity index (χ0v) is 14.2. The highest BCUT2D eigenvalue weighted by molar-refractivity contribution is 5.83. The monoisotopic (exact) mass is 323 g/mol. The number of H-pyrrole nitrogens is 1. The van der Waals surface area contributed by atoms with Crippen molar-refractivity contribution >= 4 is 16.7 Å². The van der Waals surface area contributed by atoms with E-state index in [0.717, 1.165) is 46.9 Å². The number of nitrogen functional groups attached to an aromatic ring is 1. The van der Waals surface area contributed by atoms with Gasteiger partial charge in [0, 0.05) is 5.69 Å². The van der Waals surface area contributed by atoms with Crippen molar-refractivity contribution in [1.82, 2.24) is 9.97 Å². The van der Waals surface area contributed by atoms with Gasteiger partial charge in [0.05, 0.1) is 23.2 Å². The molecule has 3 aromatic rings. The summed E-state index contributed by atoms with van der Waals surface area (Å²) in [4.78, 5) is 8.00. The summed E-state index contributed by atoms with van der Waals surface area (Å²) in [5.41, 5.74) is 9.42. The Balaban J connectivity index is 1.73. The largest absolute Gasteiger partial charge is 0.493 e. The highest BCUT2D eigenvalue weighted by Crippen LogP contribution is 2.30. The fourth-order valence-electron chi connectivity index (χ4n) is 2.83. The van der Waals surface area contributed by atoms with Crippen LogP contribution >= 0.6 is 0 Å². The van der Waals surface area contributed by atoms with Crippen molar-refractivity contribution in [3.63, 3.8) is 0 Å². The lowest BCUT2D eigenvalue weighted by atomic mass is 10.1. The number of rotatable bonds is 8. The third kappa shape index (κ3) is 3.88. The molecular weight excluding hydrogens is 298 g/mol. The Hall–Kier alpha value is -2.49. The van der Waals surface area contributed by atoms with Crippen LogP contribution in [0, 0.1) is 0 Å². The number of anilines is 1. The number of fused-ring (bicyclic) bond motifs is 1. The van der Waals surface area contributed by atoms with E-state index in [1.165, 1.54) is 25.7 Å². The molecule has 4 heteroatoms. The third-order valence-corrected chi connectivity index (χ3v) is 4.15. The molecule has 1 aromatic heterocycles. The SMILES string of the molecule is CCCCCCCOc1ccccc1-c1nc2ccc(N)cc2[nH]1. The number of hydrogen-bond donors (Lipinski definition) is 2. The van der Waals surface area contributed by atoms with Crippen LogP contribution in [0.3, 0.4) is 0 Å². The summed E-state index contributed by atoms with van der Waals surface area (Å²) in [6, 6.07) is 13.7. The molecular formula is C20H25N3O. The quantitative estimate of drug-likeness (QED) is 0.444. The lowest BCUT2D eigenvalue weighted by Gasteiger charge is -2.09. The molecule has 0 atom stereocenters. The van der Waals surface area contributed by atoms with E-state index in [4.69, 9.17) is 10.5 Å². The zero-order valence-electron chi connectivity index (χ0n) is 14.2. The minimum Gasteiger partial charge on any atom is -0.493 e. The lowest BCUT2D eigenvalue weighted by molar-refractivity contribution is 0.305. The maximum atomic E-state index is 6.01. The highest BCUT2D eigenvalue weighted by atomic mass is 16.5. The van der Waals surface area contributed by atoms with Crippen LogP contribution in [0.15, 0.2) is 42.5 Å². The van der Waals surface area contributed by atoms with E-state index in [-0.39, 0.29) is 0 Å². The highest BCUT2D eigenvalue weighted by Gasteiger charge is 2.10. The first kappa shape index (κ1) is 16.4. The number of unbranched alkanes of at least 4 members (excludes halogenated alkanes) is 4. The number of para-hydroxylation sites is 1. The summed E-state index contributed by atoms with van der Waals surface area (Å²) < 4.78 is 6.01. The fraction of sp³-hybridized carbons (Fsp3) is 0.350. The van der Waals surface area contributed by atoms with Gasteiger partial charge in [0.25, 0.3) is 0 Å². The number of aromatic amines is 1. The molecule has 0 aliphatic heterocycles. The Labute approximate surface area is 143 Å². The van der Waals surface area contributed by atoms with E-state index in [2.05, 4.69) is 16.9 Å². The molecule has 0 aliphatic carbocycles. The van der Waals surface area contributed by atoms with E-state index >= 15 is 0 Å². The molecule has 3 rings (SSSR count). The van der Waals surface area contributed by atoms with Crippen molar-refractivity contribution in [3.8, 4) is 17.1 Å². The molecule has 0 aliphatic rings. The number of aromatic nitrogens is 2. The van der Waals surface area contributed by atoms with Crippen LogP contribution in [0.2, 0.25) is 0 Å². The van der Waals surface area contributed by atoms with Crippen molar-refractivity contribution in [3.05, 3.63) is 42.5 Å². The van der Waals surface area contributed by atoms with Gasteiger partial charge in [-0.05, 0) is 36.8 Å². The molecule has 0 saturated heterocycles. The molecule has 4 nitrogen and oxygen atoms in total. The molecule has 1 heterocycles. The molecule has 126 valence electrons. The topological polar surface area (TPSA) is 63.9 Å². The average Bonchev–Trinajstić information content (AvgIpc) is 3.01. The van der Waals surface area contributed by atoms with Crippen molar-refractivity contribution in [2.45, 2.75) is 39.0 Å². The Morgan fingerprint density at radius 2 is 1.88 bits per heavy atom. The fourth-order valence-corrected chi connectivity index (χ4v) is 2.83. The summed E-state index contributed by atoms with van der Waals surface area (Å²) in [7, 11) is 0. The molecule has 0 bridgehead atoms. The first-order valence-electron chi connectivity index (χ1n) is 8.75. The summed E-state index contributed by atoms with van der Waals surface area (Å²) in [6.07, 6.45) is 6.16. The molecule has 24 heavy (non-hydrogen) atoms. The minimum absolute atomic E-state index is 0.731. The summed E-state index contributed by atoms with van der Waals surface area (Å²) in [5, 5.41) is 0. The summed E-state index contributed by atoms with van der Waals surface area (Å²) >= 11 is 0. The number of benzene rings is 2. The number of hydrogen-bond acceptors (Lipinski definition) is 3. The van der Waals surface area contributed by atoms with Gasteiger partial charge >= 0.3 is 0 Å². The van der Waals surface area contributed by atoms with Crippen LogP contribution in [0.5, 0.6) is 5.75 Å². The van der Waals surface area contributed by atoms with Crippen LogP contribution in [-0.4, -0.2) is 16.6 Å². The van der Waals surface area contributed by atoms with Crippen LogP contribution in [0.25, 0.3) is 22.4 Å². The second-order valence-corrected chi connectivity index (χ2v) is 6.12. The second-order valence-electron chi connectivity index (χ2n) is 6.12. The van der Waals surface area contributed by atoms with Crippen LogP contribution in [0.1, 0.15) is 39.0 Å². The Morgan fingerprint density at radius 1 is 1.04 bits per heavy atom. The van der Waals surface area contributed by atoms with Crippen LogP contribution in [-0.2, 0) is 0 Å². The van der Waals surface area contributed by atoms with E-state index in [9.17, 15) is 0 Å². The molecule has 0 fully saturated rings. The smallest absolute Gasteiger partial charge is 0.142 e.